The van der Waals surface area contributed by atoms with Crippen LogP contribution in [0.5, 0.6) is 0 Å². The molecule has 1 N–H and O–H groups in total. The summed E-state index contributed by atoms with van der Waals surface area (Å²) >= 11 is 11.3. The second kappa shape index (κ2) is 5.81. The van der Waals surface area contributed by atoms with Gasteiger partial charge in [-0.1, -0.05) is 38.4 Å². The Labute approximate surface area is 131 Å². The molecule has 5 heteroatoms. The normalized spacial score (nSPS) is 11.6. The van der Waals surface area contributed by atoms with E-state index in [1.165, 1.54) is 4.88 Å². The van der Waals surface area contributed by atoms with E-state index in [1.807, 2.05) is 24.4 Å². The molecule has 0 fully saturated rings. The van der Waals surface area contributed by atoms with E-state index in [0.717, 1.165) is 21.7 Å². The number of anilines is 1. The molecule has 0 aliphatic rings. The predicted octanol–water partition coefficient (Wildman–Crippen LogP) is 5.47. The third-order valence-corrected chi connectivity index (χ3v) is 5.42. The maximum absolute atomic E-state index is 6.06. The Kier molecular flexibility index (Phi) is 4.54. The number of rotatable bonds is 3. The monoisotopic (exact) mass is 358 g/mol. The molecular formula is C14H16BrClN2S. The summed E-state index contributed by atoms with van der Waals surface area (Å²) in [6.07, 6.45) is 1.94. The third kappa shape index (κ3) is 3.71. The van der Waals surface area contributed by atoms with Crippen LogP contribution in [0.1, 0.15) is 30.7 Å². The van der Waals surface area contributed by atoms with Crippen LogP contribution in [0.2, 0.25) is 5.02 Å². The van der Waals surface area contributed by atoms with Crippen LogP contribution in [0.3, 0.4) is 0 Å². The molecule has 0 atom stereocenters. The van der Waals surface area contributed by atoms with Gasteiger partial charge in [-0.15, -0.1) is 11.3 Å². The average Bonchev–Trinajstić information content (AvgIpc) is 2.79. The van der Waals surface area contributed by atoms with Crippen LogP contribution < -0.4 is 5.32 Å². The smallest absolute Gasteiger partial charge is 0.0981 e. The van der Waals surface area contributed by atoms with Gasteiger partial charge >= 0.3 is 0 Å². The molecule has 0 saturated carbocycles. The fraction of sp³-hybridized carbons (Fsp3) is 0.357. The quantitative estimate of drug-likeness (QED) is 0.786. The van der Waals surface area contributed by atoms with E-state index in [2.05, 4.69) is 47.0 Å². The highest BCUT2D eigenvalue weighted by atomic mass is 79.9. The zero-order valence-corrected chi connectivity index (χ0v) is 14.3. The first kappa shape index (κ1) is 14.8. The Bertz CT molecular complexity index is 575. The van der Waals surface area contributed by atoms with Gasteiger partial charge in [0.2, 0.25) is 0 Å². The van der Waals surface area contributed by atoms with Crippen molar-refractivity contribution in [3.8, 4) is 0 Å². The minimum atomic E-state index is 0.111. The maximum atomic E-state index is 6.06. The van der Waals surface area contributed by atoms with Crippen molar-refractivity contribution in [3.05, 3.63) is 43.8 Å². The average molecular weight is 360 g/mol. The molecule has 0 radical (unpaired) electrons. The maximum Gasteiger partial charge on any atom is 0.0981 e. The Morgan fingerprint density at radius 3 is 2.74 bits per heavy atom. The molecule has 1 aromatic heterocycles. The van der Waals surface area contributed by atoms with Crippen LogP contribution in [0, 0.1) is 0 Å². The van der Waals surface area contributed by atoms with Crippen molar-refractivity contribution in [2.45, 2.75) is 32.7 Å². The van der Waals surface area contributed by atoms with Crippen molar-refractivity contribution in [2.24, 2.45) is 0 Å². The molecule has 0 amide bonds. The van der Waals surface area contributed by atoms with Crippen LogP contribution in [0.15, 0.2) is 28.9 Å². The first-order valence-corrected chi connectivity index (χ1v) is 8.00. The summed E-state index contributed by atoms with van der Waals surface area (Å²) in [7, 11) is 0. The van der Waals surface area contributed by atoms with Gasteiger partial charge in [0.15, 0.2) is 0 Å². The van der Waals surface area contributed by atoms with Crippen LogP contribution >= 0.6 is 38.9 Å². The Morgan fingerprint density at radius 1 is 1.37 bits per heavy atom. The van der Waals surface area contributed by atoms with E-state index in [-0.39, 0.29) is 5.41 Å². The molecule has 102 valence electrons. The van der Waals surface area contributed by atoms with E-state index >= 15 is 0 Å². The highest BCUT2D eigenvalue weighted by molar-refractivity contribution is 9.10. The molecule has 0 bridgehead atoms. The van der Waals surface area contributed by atoms with E-state index in [9.17, 15) is 0 Å². The number of benzene rings is 1. The fourth-order valence-corrected chi connectivity index (χ4v) is 3.05. The van der Waals surface area contributed by atoms with Crippen LogP contribution in [0.25, 0.3) is 0 Å². The number of nitrogens with zero attached hydrogens (tertiary/aromatic N) is 1. The van der Waals surface area contributed by atoms with Crippen LogP contribution in [0.4, 0.5) is 5.69 Å². The summed E-state index contributed by atoms with van der Waals surface area (Å²) in [5, 5.41) is 5.25. The fourth-order valence-electron chi connectivity index (χ4n) is 1.56. The first-order chi connectivity index (χ1) is 8.88. The highest BCUT2D eigenvalue weighted by Gasteiger charge is 2.17. The molecule has 19 heavy (non-hydrogen) atoms. The van der Waals surface area contributed by atoms with Gasteiger partial charge in [-0.05, 0) is 28.1 Å². The summed E-state index contributed by atoms with van der Waals surface area (Å²) in [6.45, 7) is 7.29. The second-order valence-electron chi connectivity index (χ2n) is 5.34. The van der Waals surface area contributed by atoms with Gasteiger partial charge in [0.1, 0.15) is 0 Å². The molecule has 2 aromatic rings. The van der Waals surface area contributed by atoms with Crippen molar-refractivity contribution < 1.29 is 0 Å². The summed E-state index contributed by atoms with van der Waals surface area (Å²) < 4.78 is 0.900. The number of aromatic nitrogens is 1. The van der Waals surface area contributed by atoms with Crippen molar-refractivity contribution in [1.29, 1.82) is 0 Å². The lowest BCUT2D eigenvalue weighted by molar-refractivity contribution is 0.585. The van der Waals surface area contributed by atoms with E-state index < -0.39 is 0 Å². The zero-order chi connectivity index (χ0) is 14.0. The molecule has 0 aliphatic heterocycles. The Morgan fingerprint density at radius 2 is 2.11 bits per heavy atom. The van der Waals surface area contributed by atoms with Gasteiger partial charge in [-0.25, -0.2) is 4.98 Å². The molecule has 2 rings (SSSR count). The summed E-state index contributed by atoms with van der Waals surface area (Å²) in [5.41, 5.74) is 1.11. The molecule has 1 aromatic carbocycles. The summed E-state index contributed by atoms with van der Waals surface area (Å²) in [5.74, 6) is 0. The number of hydrogen-bond acceptors (Lipinski definition) is 3. The topological polar surface area (TPSA) is 24.9 Å². The lowest BCUT2D eigenvalue weighted by atomic mass is 9.98. The predicted molar refractivity (Wildman–Crippen MR) is 87.3 cm³/mol. The largest absolute Gasteiger partial charge is 0.379 e. The van der Waals surface area contributed by atoms with Gasteiger partial charge in [0.25, 0.3) is 0 Å². The van der Waals surface area contributed by atoms with Gasteiger partial charge in [0, 0.05) is 16.5 Å². The van der Waals surface area contributed by atoms with Gasteiger partial charge in [-0.2, -0.15) is 0 Å². The molecule has 0 aliphatic carbocycles. The minimum Gasteiger partial charge on any atom is -0.379 e. The van der Waals surface area contributed by atoms with Crippen LogP contribution in [-0.2, 0) is 12.0 Å². The summed E-state index contributed by atoms with van der Waals surface area (Å²) in [4.78, 5) is 5.70. The zero-order valence-electron chi connectivity index (χ0n) is 11.1. The molecule has 0 saturated heterocycles. The van der Waals surface area contributed by atoms with E-state index in [4.69, 9.17) is 11.6 Å². The molecular weight excluding hydrogens is 344 g/mol. The van der Waals surface area contributed by atoms with E-state index in [1.54, 1.807) is 11.3 Å². The van der Waals surface area contributed by atoms with Gasteiger partial charge in [0.05, 0.1) is 26.7 Å². The lowest BCUT2D eigenvalue weighted by Gasteiger charge is -2.13. The molecule has 0 spiro atoms. The number of thiazole rings is 1. The molecule has 0 unspecified atom stereocenters. The van der Waals surface area contributed by atoms with Gasteiger partial charge < -0.3 is 5.32 Å². The Balaban J connectivity index is 2.07. The molecule has 2 nitrogen and oxygen atoms in total. The highest BCUT2D eigenvalue weighted by Crippen LogP contribution is 2.31. The number of hydrogen-bond donors (Lipinski definition) is 1. The van der Waals surface area contributed by atoms with Crippen molar-refractivity contribution >= 4 is 44.6 Å². The Hall–Kier alpha value is -0.580. The number of halogens is 2. The van der Waals surface area contributed by atoms with Crippen molar-refractivity contribution in [3.63, 3.8) is 0 Å². The number of nitrogens with one attached hydrogen (secondary N) is 1. The third-order valence-electron chi connectivity index (χ3n) is 2.60. The minimum absolute atomic E-state index is 0.111. The second-order valence-corrected chi connectivity index (χ2v) is 7.65. The standard InChI is InChI=1S/C14H16BrClN2S/c1-14(2,3)13-18-8-9(19-13)7-17-11-6-4-5-10(16)12(11)15/h4-6,8,17H,7H2,1-3H3. The van der Waals surface area contributed by atoms with E-state index in [0.29, 0.717) is 5.02 Å². The van der Waals surface area contributed by atoms with Crippen molar-refractivity contribution in [2.75, 3.05) is 5.32 Å². The summed E-state index contributed by atoms with van der Waals surface area (Å²) in [6, 6.07) is 5.80. The SMILES string of the molecule is CC(C)(C)c1ncc(CNc2cccc(Cl)c2Br)s1. The first-order valence-electron chi connectivity index (χ1n) is 6.01. The van der Waals surface area contributed by atoms with Crippen molar-refractivity contribution in [1.82, 2.24) is 4.98 Å². The van der Waals surface area contributed by atoms with Gasteiger partial charge in [-0.3, -0.25) is 0 Å². The molecule has 1 heterocycles. The lowest BCUT2D eigenvalue weighted by Crippen LogP contribution is -2.09. The van der Waals surface area contributed by atoms with Crippen LogP contribution in [-0.4, -0.2) is 4.98 Å².